The second kappa shape index (κ2) is 8.03. The minimum Gasteiger partial charge on any atom is -0.477 e. The molecule has 3 rings (SSSR count). The molecule has 1 aliphatic rings. The van der Waals surface area contributed by atoms with Gasteiger partial charge in [-0.05, 0) is 38.3 Å². The zero-order valence-electron chi connectivity index (χ0n) is 13.5. The Kier molecular flexibility index (Phi) is 5.95. The Morgan fingerprint density at radius 2 is 2.27 bits per heavy atom. The molecule has 0 radical (unpaired) electrons. The minimum atomic E-state index is -0.991. The third-order valence-corrected chi connectivity index (χ3v) is 6.71. The van der Waals surface area contributed by atoms with Crippen molar-refractivity contribution in [1.82, 2.24) is 20.3 Å². The van der Waals surface area contributed by atoms with Gasteiger partial charge in [0, 0.05) is 20.2 Å². The summed E-state index contributed by atoms with van der Waals surface area (Å²) in [5.74, 6) is -1.11. The smallest absolute Gasteiger partial charge is 0.347 e. The van der Waals surface area contributed by atoms with Gasteiger partial charge in [-0.2, -0.15) is 0 Å². The SMILES string of the molecule is CO[C@H]1CN(c2ncc(C(=O)O)s2)CC[C@H]1NC(=O)c1nc(Br)c(Br)[nH]1. The van der Waals surface area contributed by atoms with E-state index in [0.29, 0.717) is 33.8 Å². The van der Waals surface area contributed by atoms with Gasteiger partial charge in [-0.3, -0.25) is 4.79 Å². The summed E-state index contributed by atoms with van der Waals surface area (Å²) in [4.78, 5) is 36.7. The molecule has 1 aliphatic heterocycles. The molecule has 1 fully saturated rings. The molecule has 2 aromatic heterocycles. The predicted molar refractivity (Wildman–Crippen MR) is 102 cm³/mol. The summed E-state index contributed by atoms with van der Waals surface area (Å²) >= 11 is 7.61. The monoisotopic (exact) mass is 507 g/mol. The fourth-order valence-corrected chi connectivity index (χ4v) is 4.02. The van der Waals surface area contributed by atoms with Crippen LogP contribution in [0.25, 0.3) is 0 Å². The Hall–Kier alpha value is -1.50. The van der Waals surface area contributed by atoms with Crippen LogP contribution in [0.15, 0.2) is 15.4 Å². The van der Waals surface area contributed by atoms with Gasteiger partial charge in [0.25, 0.3) is 5.91 Å². The Morgan fingerprint density at radius 1 is 1.50 bits per heavy atom. The van der Waals surface area contributed by atoms with Gasteiger partial charge in [-0.1, -0.05) is 11.3 Å². The van der Waals surface area contributed by atoms with E-state index >= 15 is 0 Å². The van der Waals surface area contributed by atoms with E-state index in [1.165, 1.54) is 6.20 Å². The number of carbonyl (C=O) groups is 2. The third-order valence-electron chi connectivity index (χ3n) is 3.99. The Labute approximate surface area is 169 Å². The molecule has 1 amide bonds. The number of anilines is 1. The number of aromatic nitrogens is 3. The molecule has 1 saturated heterocycles. The van der Waals surface area contributed by atoms with Crippen LogP contribution in [-0.4, -0.2) is 64.3 Å². The molecular formula is C14H15Br2N5O4S. The van der Waals surface area contributed by atoms with Gasteiger partial charge in [0.1, 0.15) is 14.1 Å². The van der Waals surface area contributed by atoms with Crippen LogP contribution < -0.4 is 10.2 Å². The van der Waals surface area contributed by atoms with E-state index in [2.05, 4.69) is 52.1 Å². The molecule has 3 N–H and O–H groups in total. The van der Waals surface area contributed by atoms with Crippen LogP contribution in [0.3, 0.4) is 0 Å². The van der Waals surface area contributed by atoms with Gasteiger partial charge < -0.3 is 25.0 Å². The van der Waals surface area contributed by atoms with E-state index in [9.17, 15) is 9.59 Å². The number of H-pyrrole nitrogens is 1. The van der Waals surface area contributed by atoms with E-state index in [1.807, 2.05) is 4.90 Å². The average molecular weight is 509 g/mol. The first-order valence-electron chi connectivity index (χ1n) is 7.57. The topological polar surface area (TPSA) is 120 Å². The summed E-state index contributed by atoms with van der Waals surface area (Å²) in [5, 5.41) is 12.6. The van der Waals surface area contributed by atoms with Crippen LogP contribution in [-0.2, 0) is 4.74 Å². The number of nitrogens with one attached hydrogen (secondary N) is 2. The molecule has 2 aromatic rings. The summed E-state index contributed by atoms with van der Waals surface area (Å²) in [6, 6.07) is -0.190. The summed E-state index contributed by atoms with van der Waals surface area (Å²) in [6.07, 6.45) is 1.73. The summed E-state index contributed by atoms with van der Waals surface area (Å²) in [7, 11) is 1.58. The quantitative estimate of drug-likeness (QED) is 0.565. The van der Waals surface area contributed by atoms with Crippen molar-refractivity contribution < 1.29 is 19.4 Å². The number of imidazole rings is 1. The fourth-order valence-electron chi connectivity index (χ4n) is 2.68. The number of piperidine rings is 1. The highest BCUT2D eigenvalue weighted by Crippen LogP contribution is 2.27. The molecule has 12 heteroatoms. The molecule has 26 heavy (non-hydrogen) atoms. The number of halogens is 2. The lowest BCUT2D eigenvalue weighted by atomic mass is 10.0. The maximum atomic E-state index is 12.4. The van der Waals surface area contributed by atoms with Crippen molar-refractivity contribution in [2.75, 3.05) is 25.1 Å². The van der Waals surface area contributed by atoms with Crippen LogP contribution in [0.5, 0.6) is 0 Å². The molecule has 3 heterocycles. The Bertz CT molecular complexity index is 807. The lowest BCUT2D eigenvalue weighted by Crippen LogP contribution is -2.55. The van der Waals surface area contributed by atoms with E-state index < -0.39 is 5.97 Å². The first kappa shape index (κ1) is 19.3. The number of amides is 1. The third kappa shape index (κ3) is 4.08. The number of ether oxygens (including phenoxy) is 1. The first-order valence-corrected chi connectivity index (χ1v) is 9.98. The van der Waals surface area contributed by atoms with Gasteiger partial charge in [0.15, 0.2) is 11.0 Å². The van der Waals surface area contributed by atoms with Gasteiger partial charge in [0.2, 0.25) is 0 Å². The van der Waals surface area contributed by atoms with Crippen LogP contribution >= 0.6 is 43.2 Å². The minimum absolute atomic E-state index is 0.190. The number of carboxylic acid groups (broad SMARTS) is 1. The fraction of sp³-hybridized carbons (Fsp3) is 0.429. The number of hydrogen-bond acceptors (Lipinski definition) is 7. The molecule has 0 aromatic carbocycles. The Morgan fingerprint density at radius 3 is 2.85 bits per heavy atom. The highest BCUT2D eigenvalue weighted by atomic mass is 79.9. The lowest BCUT2D eigenvalue weighted by molar-refractivity contribution is 0.0538. The van der Waals surface area contributed by atoms with Crippen molar-refractivity contribution in [3.05, 3.63) is 26.1 Å². The predicted octanol–water partition coefficient (Wildman–Crippen LogP) is 2.11. The molecule has 0 spiro atoms. The number of rotatable bonds is 5. The number of hydrogen-bond donors (Lipinski definition) is 3. The van der Waals surface area contributed by atoms with E-state index in [4.69, 9.17) is 9.84 Å². The van der Waals surface area contributed by atoms with Crippen molar-refractivity contribution in [1.29, 1.82) is 0 Å². The number of carboxylic acids is 1. The van der Waals surface area contributed by atoms with Crippen molar-refractivity contribution in [2.45, 2.75) is 18.6 Å². The molecular weight excluding hydrogens is 494 g/mol. The number of carbonyl (C=O) groups excluding carboxylic acids is 1. The standard InChI is InChI=1S/C14H15Br2N5O4S/c1-25-7-5-21(14-17-4-8(26-14)13(23)24)3-2-6(7)18-12(22)11-19-9(15)10(16)20-11/h4,6-7H,2-3,5H2,1H3,(H,18,22)(H,19,20)(H,23,24)/t6-,7+/m1/s1. The van der Waals surface area contributed by atoms with Crippen molar-refractivity contribution >= 4 is 60.2 Å². The van der Waals surface area contributed by atoms with Gasteiger partial charge in [-0.15, -0.1) is 0 Å². The van der Waals surface area contributed by atoms with Crippen LogP contribution in [0.4, 0.5) is 5.13 Å². The zero-order valence-corrected chi connectivity index (χ0v) is 17.5. The van der Waals surface area contributed by atoms with E-state index in [1.54, 1.807) is 7.11 Å². The van der Waals surface area contributed by atoms with Crippen LogP contribution in [0.2, 0.25) is 0 Å². The van der Waals surface area contributed by atoms with Crippen molar-refractivity contribution in [2.24, 2.45) is 0 Å². The van der Waals surface area contributed by atoms with Crippen LogP contribution in [0, 0.1) is 0 Å². The summed E-state index contributed by atoms with van der Waals surface area (Å²) < 4.78 is 6.65. The summed E-state index contributed by atoms with van der Waals surface area (Å²) in [5.41, 5.74) is 0. The largest absolute Gasteiger partial charge is 0.477 e. The highest BCUT2D eigenvalue weighted by molar-refractivity contribution is 9.13. The number of methoxy groups -OCH3 is 1. The van der Waals surface area contributed by atoms with Gasteiger partial charge in [-0.25, -0.2) is 14.8 Å². The molecule has 0 saturated carbocycles. The molecule has 0 aliphatic carbocycles. The number of thiazole rings is 1. The number of aromatic amines is 1. The van der Waals surface area contributed by atoms with Crippen molar-refractivity contribution in [3.63, 3.8) is 0 Å². The number of aromatic carboxylic acids is 1. The second-order valence-electron chi connectivity index (χ2n) is 5.59. The molecule has 0 bridgehead atoms. The van der Waals surface area contributed by atoms with Crippen molar-refractivity contribution in [3.8, 4) is 0 Å². The average Bonchev–Trinajstić information content (AvgIpc) is 3.23. The highest BCUT2D eigenvalue weighted by Gasteiger charge is 2.32. The van der Waals surface area contributed by atoms with E-state index in [-0.39, 0.29) is 28.8 Å². The first-order chi connectivity index (χ1) is 12.4. The van der Waals surface area contributed by atoms with Crippen LogP contribution in [0.1, 0.15) is 26.7 Å². The molecule has 9 nitrogen and oxygen atoms in total. The Balaban J connectivity index is 1.65. The van der Waals surface area contributed by atoms with Gasteiger partial charge in [0.05, 0.1) is 18.3 Å². The maximum Gasteiger partial charge on any atom is 0.347 e. The maximum absolute atomic E-state index is 12.4. The molecule has 140 valence electrons. The zero-order chi connectivity index (χ0) is 18.8. The van der Waals surface area contributed by atoms with Gasteiger partial charge >= 0.3 is 5.97 Å². The normalized spacial score (nSPS) is 20.2. The van der Waals surface area contributed by atoms with E-state index in [0.717, 1.165) is 11.3 Å². The second-order valence-corrected chi connectivity index (χ2v) is 8.14. The summed E-state index contributed by atoms with van der Waals surface area (Å²) in [6.45, 7) is 1.13. The molecule has 0 unspecified atom stereocenters. The molecule has 2 atom stereocenters. The lowest BCUT2D eigenvalue weighted by Gasteiger charge is -2.37. The number of nitrogens with zero attached hydrogens (tertiary/aromatic N) is 3.